The van der Waals surface area contributed by atoms with Crippen molar-refractivity contribution in [3.05, 3.63) is 63.7 Å². The SMILES string of the molecule is COc1ccc(/C=C(\C(C)=O)C(=O)Nc2ccc([N+](=O)[O-])cc2)cc1OCC(C)C. The third-order valence-corrected chi connectivity index (χ3v) is 4.03. The van der Waals surface area contributed by atoms with Crippen LogP contribution in [0, 0.1) is 16.0 Å². The Morgan fingerprint density at radius 3 is 2.33 bits per heavy atom. The summed E-state index contributed by atoms with van der Waals surface area (Å²) < 4.78 is 11.1. The summed E-state index contributed by atoms with van der Waals surface area (Å²) in [6.07, 6.45) is 1.46. The van der Waals surface area contributed by atoms with E-state index in [0.29, 0.717) is 35.3 Å². The molecule has 0 radical (unpaired) electrons. The van der Waals surface area contributed by atoms with Crippen LogP contribution in [-0.2, 0) is 9.59 Å². The van der Waals surface area contributed by atoms with Crippen molar-refractivity contribution in [1.82, 2.24) is 0 Å². The van der Waals surface area contributed by atoms with Crippen LogP contribution in [0.25, 0.3) is 6.08 Å². The molecule has 0 saturated carbocycles. The maximum Gasteiger partial charge on any atom is 0.269 e. The lowest BCUT2D eigenvalue weighted by molar-refractivity contribution is -0.384. The van der Waals surface area contributed by atoms with Gasteiger partial charge in [-0.2, -0.15) is 0 Å². The molecule has 0 atom stereocenters. The number of Topliss-reactive ketones (excluding diaryl/α,β-unsaturated/α-hetero) is 1. The van der Waals surface area contributed by atoms with E-state index in [0.717, 1.165) is 0 Å². The van der Waals surface area contributed by atoms with Crippen molar-refractivity contribution in [2.75, 3.05) is 19.0 Å². The first-order chi connectivity index (χ1) is 14.2. The van der Waals surface area contributed by atoms with Crippen LogP contribution in [0.2, 0.25) is 0 Å². The Kier molecular flexibility index (Phi) is 7.69. The van der Waals surface area contributed by atoms with Crippen LogP contribution in [-0.4, -0.2) is 30.3 Å². The average molecular weight is 412 g/mol. The van der Waals surface area contributed by atoms with Crippen molar-refractivity contribution >= 4 is 29.1 Å². The number of nitrogens with zero attached hydrogens (tertiary/aromatic N) is 1. The summed E-state index contributed by atoms with van der Waals surface area (Å²) in [5.41, 5.74) is 0.780. The van der Waals surface area contributed by atoms with E-state index in [1.165, 1.54) is 44.4 Å². The maximum atomic E-state index is 12.6. The van der Waals surface area contributed by atoms with Crippen LogP contribution in [0.1, 0.15) is 26.3 Å². The zero-order chi connectivity index (χ0) is 22.3. The summed E-state index contributed by atoms with van der Waals surface area (Å²) in [7, 11) is 1.53. The molecular formula is C22H24N2O6. The molecule has 2 aromatic rings. The highest BCUT2D eigenvalue weighted by Crippen LogP contribution is 2.29. The highest BCUT2D eigenvalue weighted by molar-refractivity contribution is 6.25. The Hall–Kier alpha value is -3.68. The molecule has 2 aromatic carbocycles. The minimum absolute atomic E-state index is 0.0617. The summed E-state index contributed by atoms with van der Waals surface area (Å²) in [5, 5.41) is 13.3. The van der Waals surface area contributed by atoms with Gasteiger partial charge in [-0.05, 0) is 48.7 Å². The molecule has 0 saturated heterocycles. The zero-order valence-corrected chi connectivity index (χ0v) is 17.3. The van der Waals surface area contributed by atoms with Crippen LogP contribution >= 0.6 is 0 Å². The molecule has 0 bridgehead atoms. The molecule has 1 amide bonds. The number of methoxy groups -OCH3 is 1. The zero-order valence-electron chi connectivity index (χ0n) is 17.3. The second kappa shape index (κ2) is 10.2. The van der Waals surface area contributed by atoms with E-state index in [9.17, 15) is 19.7 Å². The van der Waals surface area contributed by atoms with Gasteiger partial charge in [0.1, 0.15) is 0 Å². The fourth-order valence-corrected chi connectivity index (χ4v) is 2.51. The molecule has 0 aliphatic heterocycles. The summed E-state index contributed by atoms with van der Waals surface area (Å²) in [6.45, 7) is 5.82. The lowest BCUT2D eigenvalue weighted by Gasteiger charge is -2.13. The van der Waals surface area contributed by atoms with Crippen molar-refractivity contribution in [1.29, 1.82) is 0 Å². The third kappa shape index (κ3) is 6.16. The van der Waals surface area contributed by atoms with Gasteiger partial charge in [0.2, 0.25) is 0 Å². The molecule has 0 fully saturated rings. The Morgan fingerprint density at radius 2 is 1.80 bits per heavy atom. The van der Waals surface area contributed by atoms with Crippen molar-refractivity contribution < 1.29 is 24.0 Å². The van der Waals surface area contributed by atoms with Crippen molar-refractivity contribution in [2.24, 2.45) is 5.92 Å². The van der Waals surface area contributed by atoms with Gasteiger partial charge in [-0.1, -0.05) is 19.9 Å². The Morgan fingerprint density at radius 1 is 1.13 bits per heavy atom. The van der Waals surface area contributed by atoms with Gasteiger partial charge in [0, 0.05) is 17.8 Å². The van der Waals surface area contributed by atoms with E-state index < -0.39 is 16.6 Å². The molecule has 2 rings (SSSR count). The number of carbonyl (C=O) groups is 2. The number of benzene rings is 2. The number of nitrogens with one attached hydrogen (secondary N) is 1. The number of non-ortho nitro benzene ring substituents is 1. The quantitative estimate of drug-likeness (QED) is 0.217. The predicted octanol–water partition coefficient (Wildman–Crippen LogP) is 4.25. The second-order valence-corrected chi connectivity index (χ2v) is 6.99. The molecule has 0 aromatic heterocycles. The molecule has 8 heteroatoms. The monoisotopic (exact) mass is 412 g/mol. The molecule has 0 unspecified atom stereocenters. The van der Waals surface area contributed by atoms with Crippen LogP contribution in [0.3, 0.4) is 0 Å². The van der Waals surface area contributed by atoms with Crippen LogP contribution in [0.5, 0.6) is 11.5 Å². The van der Waals surface area contributed by atoms with Gasteiger partial charge < -0.3 is 14.8 Å². The molecule has 0 aliphatic carbocycles. The Labute approximate surface area is 174 Å². The number of ether oxygens (including phenoxy) is 2. The van der Waals surface area contributed by atoms with Crippen LogP contribution < -0.4 is 14.8 Å². The molecule has 1 N–H and O–H groups in total. The van der Waals surface area contributed by atoms with E-state index in [-0.39, 0.29) is 11.3 Å². The number of rotatable bonds is 9. The first-order valence-electron chi connectivity index (χ1n) is 9.30. The minimum atomic E-state index is -0.614. The largest absolute Gasteiger partial charge is 0.493 e. The minimum Gasteiger partial charge on any atom is -0.493 e. The highest BCUT2D eigenvalue weighted by atomic mass is 16.6. The van der Waals surface area contributed by atoms with Gasteiger partial charge in [-0.15, -0.1) is 0 Å². The number of anilines is 1. The molecule has 0 heterocycles. The van der Waals surface area contributed by atoms with E-state index >= 15 is 0 Å². The Bertz CT molecular complexity index is 964. The number of nitro groups is 1. The van der Waals surface area contributed by atoms with Gasteiger partial charge in [0.15, 0.2) is 17.3 Å². The average Bonchev–Trinajstić information content (AvgIpc) is 2.70. The van der Waals surface area contributed by atoms with E-state index in [1.807, 2.05) is 13.8 Å². The lowest BCUT2D eigenvalue weighted by Crippen LogP contribution is -2.18. The van der Waals surface area contributed by atoms with E-state index in [2.05, 4.69) is 5.32 Å². The van der Waals surface area contributed by atoms with Crippen LogP contribution in [0.4, 0.5) is 11.4 Å². The number of nitro benzene ring substituents is 1. The smallest absolute Gasteiger partial charge is 0.269 e. The number of ketones is 1. The molecule has 158 valence electrons. The van der Waals surface area contributed by atoms with Gasteiger partial charge in [-0.25, -0.2) is 0 Å². The standard InChI is InChI=1S/C22H24N2O6/c1-14(2)13-30-21-12-16(5-10-20(21)29-4)11-19(15(3)25)22(26)23-17-6-8-18(9-7-17)24(27)28/h5-12,14H,13H2,1-4H3,(H,23,26)/b19-11+. The highest BCUT2D eigenvalue weighted by Gasteiger charge is 2.16. The van der Waals surface area contributed by atoms with Crippen molar-refractivity contribution in [2.45, 2.75) is 20.8 Å². The van der Waals surface area contributed by atoms with Crippen LogP contribution in [0.15, 0.2) is 48.0 Å². The fraction of sp³-hybridized carbons (Fsp3) is 0.273. The maximum absolute atomic E-state index is 12.6. The topological polar surface area (TPSA) is 108 Å². The van der Waals surface area contributed by atoms with Crippen molar-refractivity contribution in [3.8, 4) is 11.5 Å². The summed E-state index contributed by atoms with van der Waals surface area (Å²) in [4.78, 5) is 34.9. The number of hydrogen-bond acceptors (Lipinski definition) is 6. The van der Waals surface area contributed by atoms with Gasteiger partial charge >= 0.3 is 0 Å². The number of carbonyl (C=O) groups excluding carboxylic acids is 2. The first-order valence-corrected chi connectivity index (χ1v) is 9.30. The van der Waals surface area contributed by atoms with Crippen molar-refractivity contribution in [3.63, 3.8) is 0 Å². The third-order valence-electron chi connectivity index (χ3n) is 4.03. The second-order valence-electron chi connectivity index (χ2n) is 6.99. The van der Waals surface area contributed by atoms with E-state index in [4.69, 9.17) is 9.47 Å². The normalized spacial score (nSPS) is 11.2. The number of amides is 1. The molecule has 8 nitrogen and oxygen atoms in total. The Balaban J connectivity index is 2.27. The van der Waals surface area contributed by atoms with Gasteiger partial charge in [0.25, 0.3) is 11.6 Å². The first kappa shape index (κ1) is 22.6. The van der Waals surface area contributed by atoms with E-state index in [1.54, 1.807) is 18.2 Å². The predicted molar refractivity (Wildman–Crippen MR) is 114 cm³/mol. The van der Waals surface area contributed by atoms with Gasteiger partial charge in [0.05, 0.1) is 24.2 Å². The fourth-order valence-electron chi connectivity index (χ4n) is 2.51. The molecular weight excluding hydrogens is 388 g/mol. The molecule has 0 spiro atoms. The van der Waals surface area contributed by atoms with Gasteiger partial charge in [-0.3, -0.25) is 19.7 Å². The number of hydrogen-bond donors (Lipinski definition) is 1. The summed E-state index contributed by atoms with van der Waals surface area (Å²) >= 11 is 0. The molecule has 30 heavy (non-hydrogen) atoms. The summed E-state index contributed by atoms with van der Waals surface area (Å²) in [5.74, 6) is 0.340. The summed E-state index contributed by atoms with van der Waals surface area (Å²) in [6, 6.07) is 10.5. The molecule has 0 aliphatic rings. The lowest BCUT2D eigenvalue weighted by atomic mass is 10.1.